The second-order valence-corrected chi connectivity index (χ2v) is 5.88. The van der Waals surface area contributed by atoms with Gasteiger partial charge in [-0.2, -0.15) is 0 Å². The number of amides is 2. The molecule has 0 radical (unpaired) electrons. The average Bonchev–Trinajstić information content (AvgIpc) is 2.92. The maximum Gasteiger partial charge on any atom is 0.325 e. The normalized spacial score (nSPS) is 13.4. The Morgan fingerprint density at radius 1 is 1.23 bits per heavy atom. The number of benzene rings is 1. The molecule has 0 unspecified atom stereocenters. The molecule has 0 saturated carbocycles. The Kier molecular flexibility index (Phi) is 4.06. The Balaban J connectivity index is 1.65. The van der Waals surface area contributed by atoms with Crippen LogP contribution in [0.2, 0.25) is 0 Å². The lowest BCUT2D eigenvalue weighted by Gasteiger charge is -2.06. The van der Waals surface area contributed by atoms with Crippen LogP contribution in [0, 0.1) is 0 Å². The Morgan fingerprint density at radius 3 is 2.68 bits per heavy atom. The fourth-order valence-electron chi connectivity index (χ4n) is 2.26. The number of rotatable bonds is 3. The molecule has 2 N–H and O–H groups in total. The Labute approximate surface area is 131 Å². The highest BCUT2D eigenvalue weighted by Crippen LogP contribution is 2.29. The van der Waals surface area contributed by atoms with E-state index in [1.165, 1.54) is 11.3 Å². The highest BCUT2D eigenvalue weighted by molar-refractivity contribution is 7.17. The van der Waals surface area contributed by atoms with Gasteiger partial charge in [-0.25, -0.2) is 9.78 Å². The zero-order chi connectivity index (χ0) is 15.5. The minimum Gasteiger partial charge on any atom is -0.497 e. The van der Waals surface area contributed by atoms with Crippen LogP contribution in [-0.4, -0.2) is 23.9 Å². The smallest absolute Gasteiger partial charge is 0.325 e. The van der Waals surface area contributed by atoms with Gasteiger partial charge in [-0.3, -0.25) is 10.1 Å². The molecule has 0 spiro atoms. The molecule has 0 fully saturated rings. The van der Waals surface area contributed by atoms with E-state index in [0.717, 1.165) is 24.3 Å². The van der Waals surface area contributed by atoms with E-state index in [9.17, 15) is 9.59 Å². The standard InChI is InChI=1S/C15H15N3O3S/c1-21-10-7-5-9(6-8-10)16-14(20)18-15-17-11-3-2-4-12(19)13(11)22-15/h5-8H,2-4H2,1H3,(H2,16,17,18,20). The van der Waals surface area contributed by atoms with Crippen molar-refractivity contribution in [1.29, 1.82) is 0 Å². The molecular formula is C15H15N3O3S. The number of nitrogens with one attached hydrogen (secondary N) is 2. The summed E-state index contributed by atoms with van der Waals surface area (Å²) in [5.41, 5.74) is 1.44. The van der Waals surface area contributed by atoms with Crippen LogP contribution in [0.25, 0.3) is 0 Å². The third-order valence-corrected chi connectivity index (χ3v) is 4.39. The molecule has 0 saturated heterocycles. The molecule has 1 aromatic carbocycles. The fraction of sp³-hybridized carbons (Fsp3) is 0.267. The number of carbonyl (C=O) groups excluding carboxylic acids is 2. The Hall–Kier alpha value is -2.41. The molecule has 1 heterocycles. The van der Waals surface area contributed by atoms with Gasteiger partial charge in [0.05, 0.1) is 17.7 Å². The van der Waals surface area contributed by atoms with E-state index < -0.39 is 0 Å². The predicted molar refractivity (Wildman–Crippen MR) is 85.0 cm³/mol. The van der Waals surface area contributed by atoms with Gasteiger partial charge < -0.3 is 10.1 Å². The second kappa shape index (κ2) is 6.15. The molecule has 0 aliphatic heterocycles. The molecule has 22 heavy (non-hydrogen) atoms. The van der Waals surface area contributed by atoms with Gasteiger partial charge >= 0.3 is 6.03 Å². The van der Waals surface area contributed by atoms with E-state index in [1.807, 2.05) is 0 Å². The monoisotopic (exact) mass is 317 g/mol. The number of urea groups is 1. The van der Waals surface area contributed by atoms with Crippen LogP contribution >= 0.6 is 11.3 Å². The first-order valence-electron chi connectivity index (χ1n) is 6.90. The molecule has 114 valence electrons. The summed E-state index contributed by atoms with van der Waals surface area (Å²) < 4.78 is 5.06. The molecule has 7 heteroatoms. The maximum atomic E-state index is 12.0. The van der Waals surface area contributed by atoms with E-state index in [1.54, 1.807) is 31.4 Å². The summed E-state index contributed by atoms with van der Waals surface area (Å²) in [4.78, 5) is 28.7. The largest absolute Gasteiger partial charge is 0.497 e. The van der Waals surface area contributed by atoms with Crippen LogP contribution in [0.4, 0.5) is 15.6 Å². The van der Waals surface area contributed by atoms with Crippen molar-refractivity contribution in [2.45, 2.75) is 19.3 Å². The summed E-state index contributed by atoms with van der Waals surface area (Å²) in [7, 11) is 1.58. The number of fused-ring (bicyclic) bond motifs is 1. The van der Waals surface area contributed by atoms with Crippen LogP contribution in [0.3, 0.4) is 0 Å². The van der Waals surface area contributed by atoms with Gasteiger partial charge in [-0.05, 0) is 37.1 Å². The predicted octanol–water partition coefficient (Wildman–Crippen LogP) is 3.31. The molecule has 0 bridgehead atoms. The molecular weight excluding hydrogens is 302 g/mol. The van der Waals surface area contributed by atoms with Gasteiger partial charge in [0.1, 0.15) is 5.75 Å². The molecule has 2 amide bonds. The number of methoxy groups -OCH3 is 1. The SMILES string of the molecule is COc1ccc(NC(=O)Nc2nc3c(s2)C(=O)CCC3)cc1. The molecule has 1 aliphatic rings. The number of aromatic nitrogens is 1. The fourth-order valence-corrected chi connectivity index (χ4v) is 3.23. The molecule has 2 aromatic rings. The zero-order valence-electron chi connectivity index (χ0n) is 12.0. The topological polar surface area (TPSA) is 80.3 Å². The van der Waals surface area contributed by atoms with E-state index >= 15 is 0 Å². The summed E-state index contributed by atoms with van der Waals surface area (Å²) in [6, 6.07) is 6.62. The number of hydrogen-bond acceptors (Lipinski definition) is 5. The van der Waals surface area contributed by atoms with Crippen molar-refractivity contribution >= 4 is 34.0 Å². The number of anilines is 2. The van der Waals surface area contributed by atoms with Gasteiger partial charge in [-0.1, -0.05) is 11.3 Å². The first kappa shape index (κ1) is 14.5. The number of thiazole rings is 1. The van der Waals surface area contributed by atoms with Crippen LogP contribution in [0.5, 0.6) is 5.75 Å². The van der Waals surface area contributed by atoms with Gasteiger partial charge in [-0.15, -0.1) is 0 Å². The lowest BCUT2D eigenvalue weighted by atomic mass is 10.0. The van der Waals surface area contributed by atoms with Crippen LogP contribution < -0.4 is 15.4 Å². The first-order valence-corrected chi connectivity index (χ1v) is 7.72. The van der Waals surface area contributed by atoms with Gasteiger partial charge in [0.15, 0.2) is 10.9 Å². The molecule has 3 rings (SSSR count). The molecule has 1 aliphatic carbocycles. The quantitative estimate of drug-likeness (QED) is 0.910. The number of hydrogen-bond donors (Lipinski definition) is 2. The Bertz CT molecular complexity index is 709. The van der Waals surface area contributed by atoms with Crippen LogP contribution in [-0.2, 0) is 6.42 Å². The third-order valence-electron chi connectivity index (χ3n) is 3.34. The number of carbonyl (C=O) groups is 2. The summed E-state index contributed by atoms with van der Waals surface area (Å²) in [6.45, 7) is 0. The second-order valence-electron chi connectivity index (χ2n) is 4.88. The summed E-state index contributed by atoms with van der Waals surface area (Å²) in [6.07, 6.45) is 2.18. The van der Waals surface area contributed by atoms with E-state index in [0.29, 0.717) is 22.1 Å². The van der Waals surface area contributed by atoms with Crippen molar-refractivity contribution in [2.24, 2.45) is 0 Å². The number of ketones is 1. The minimum absolute atomic E-state index is 0.113. The highest BCUT2D eigenvalue weighted by atomic mass is 32.1. The van der Waals surface area contributed by atoms with Crippen molar-refractivity contribution in [3.63, 3.8) is 0 Å². The number of Topliss-reactive ketones (excluding diaryl/α,β-unsaturated/α-hetero) is 1. The summed E-state index contributed by atoms with van der Waals surface area (Å²) in [5.74, 6) is 0.833. The Morgan fingerprint density at radius 2 is 2.00 bits per heavy atom. The molecule has 6 nitrogen and oxygen atoms in total. The maximum absolute atomic E-state index is 12.0. The number of aryl methyl sites for hydroxylation is 1. The lowest BCUT2D eigenvalue weighted by Crippen LogP contribution is -2.19. The van der Waals surface area contributed by atoms with Crippen molar-refractivity contribution in [3.8, 4) is 5.75 Å². The van der Waals surface area contributed by atoms with E-state index in [-0.39, 0.29) is 11.8 Å². The molecule has 1 aromatic heterocycles. The van der Waals surface area contributed by atoms with E-state index in [2.05, 4.69) is 15.6 Å². The van der Waals surface area contributed by atoms with Crippen LogP contribution in [0.1, 0.15) is 28.2 Å². The minimum atomic E-state index is -0.385. The number of ether oxygens (including phenoxy) is 1. The third kappa shape index (κ3) is 3.09. The lowest BCUT2D eigenvalue weighted by molar-refractivity contribution is 0.0976. The van der Waals surface area contributed by atoms with Gasteiger partial charge in [0, 0.05) is 12.1 Å². The van der Waals surface area contributed by atoms with Crippen LogP contribution in [0.15, 0.2) is 24.3 Å². The zero-order valence-corrected chi connectivity index (χ0v) is 12.8. The highest BCUT2D eigenvalue weighted by Gasteiger charge is 2.22. The first-order chi connectivity index (χ1) is 10.7. The van der Waals surface area contributed by atoms with Crippen molar-refractivity contribution in [1.82, 2.24) is 4.98 Å². The number of nitrogens with zero attached hydrogens (tertiary/aromatic N) is 1. The van der Waals surface area contributed by atoms with Crippen molar-refractivity contribution in [3.05, 3.63) is 34.8 Å². The van der Waals surface area contributed by atoms with Gasteiger partial charge in [0.2, 0.25) is 0 Å². The van der Waals surface area contributed by atoms with E-state index in [4.69, 9.17) is 4.74 Å². The molecule has 0 atom stereocenters. The average molecular weight is 317 g/mol. The summed E-state index contributed by atoms with van der Waals surface area (Å²) >= 11 is 1.24. The summed E-state index contributed by atoms with van der Waals surface area (Å²) in [5, 5.41) is 5.83. The van der Waals surface area contributed by atoms with Crippen molar-refractivity contribution < 1.29 is 14.3 Å². The van der Waals surface area contributed by atoms with Crippen molar-refractivity contribution in [2.75, 3.05) is 17.7 Å². The van der Waals surface area contributed by atoms with Gasteiger partial charge in [0.25, 0.3) is 0 Å².